The first-order valence-electron chi connectivity index (χ1n) is 3.92. The van der Waals surface area contributed by atoms with E-state index in [9.17, 15) is 9.59 Å². The van der Waals surface area contributed by atoms with Crippen molar-refractivity contribution in [3.8, 4) is 0 Å². The average molecular weight is 182 g/mol. The Morgan fingerprint density at radius 3 is 3.15 bits per heavy atom. The maximum Gasteiger partial charge on any atom is 0.434 e. The normalized spacial score (nSPS) is 9.62. The van der Waals surface area contributed by atoms with Gasteiger partial charge in [0.25, 0.3) is 0 Å². The number of aldehydes is 1. The topological polar surface area (TPSA) is 61.2 Å². The number of hydrogen-bond acceptors (Lipinski definition) is 4. The van der Waals surface area contributed by atoms with Crippen LogP contribution in [0.4, 0.5) is 4.79 Å². The molecule has 0 saturated heterocycles. The van der Waals surface area contributed by atoms with Crippen LogP contribution in [0.3, 0.4) is 0 Å². The maximum absolute atomic E-state index is 11.1. The fourth-order valence-corrected chi connectivity index (χ4v) is 0.851. The van der Waals surface area contributed by atoms with E-state index in [1.54, 1.807) is 6.92 Å². The molecule has 5 heteroatoms. The number of rotatable bonds is 3. The molecule has 0 N–H and O–H groups in total. The van der Waals surface area contributed by atoms with Crippen molar-refractivity contribution in [1.29, 1.82) is 0 Å². The summed E-state index contributed by atoms with van der Waals surface area (Å²) in [6.07, 6.45) is 3.43. The van der Waals surface area contributed by atoms with Crippen molar-refractivity contribution in [3.63, 3.8) is 0 Å². The minimum absolute atomic E-state index is 0.263. The molecule has 0 aliphatic carbocycles. The van der Waals surface area contributed by atoms with Gasteiger partial charge in [-0.2, -0.15) is 9.78 Å². The van der Waals surface area contributed by atoms with Crippen molar-refractivity contribution in [2.45, 2.75) is 13.3 Å². The lowest BCUT2D eigenvalue weighted by molar-refractivity contribution is -0.107. The van der Waals surface area contributed by atoms with Crippen LogP contribution in [-0.4, -0.2) is 28.8 Å². The molecular weight excluding hydrogens is 172 g/mol. The van der Waals surface area contributed by atoms with Crippen LogP contribution in [-0.2, 0) is 16.0 Å². The maximum atomic E-state index is 11.1. The third-order valence-electron chi connectivity index (χ3n) is 1.41. The van der Waals surface area contributed by atoms with Gasteiger partial charge >= 0.3 is 6.09 Å². The standard InChI is InChI=1S/C8H10N2O3/c1-2-13-8(12)10-6-7(3-4-11)5-9-10/h4-6H,2-3H2,1H3. The van der Waals surface area contributed by atoms with Crippen LogP contribution < -0.4 is 0 Å². The molecule has 70 valence electrons. The Labute approximate surface area is 75.3 Å². The Balaban J connectivity index is 2.67. The quantitative estimate of drug-likeness (QED) is 0.643. The van der Waals surface area contributed by atoms with Gasteiger partial charge in [0.05, 0.1) is 12.8 Å². The number of aromatic nitrogens is 2. The fraction of sp³-hybridized carbons (Fsp3) is 0.375. The number of hydrogen-bond donors (Lipinski definition) is 0. The number of nitrogens with zero attached hydrogens (tertiary/aromatic N) is 2. The highest BCUT2D eigenvalue weighted by atomic mass is 16.5. The molecule has 0 fully saturated rings. The molecule has 5 nitrogen and oxygen atoms in total. The van der Waals surface area contributed by atoms with Gasteiger partial charge in [0.15, 0.2) is 0 Å². The van der Waals surface area contributed by atoms with Crippen molar-refractivity contribution in [3.05, 3.63) is 18.0 Å². The van der Waals surface area contributed by atoms with Gasteiger partial charge in [-0.1, -0.05) is 0 Å². The molecule has 0 aliphatic heterocycles. The SMILES string of the molecule is CCOC(=O)n1cc(CC=O)cn1. The van der Waals surface area contributed by atoms with E-state index in [1.807, 2.05) is 0 Å². The van der Waals surface area contributed by atoms with Gasteiger partial charge in [-0.15, -0.1) is 0 Å². The Hall–Kier alpha value is -1.65. The van der Waals surface area contributed by atoms with Crippen molar-refractivity contribution < 1.29 is 14.3 Å². The van der Waals surface area contributed by atoms with Crippen LogP contribution in [0.2, 0.25) is 0 Å². The molecule has 0 aromatic carbocycles. The summed E-state index contributed by atoms with van der Waals surface area (Å²) < 4.78 is 5.76. The molecule has 0 unspecified atom stereocenters. The minimum Gasteiger partial charge on any atom is -0.448 e. The average Bonchev–Trinajstić information content (AvgIpc) is 2.54. The van der Waals surface area contributed by atoms with E-state index in [-0.39, 0.29) is 6.42 Å². The number of carbonyl (C=O) groups is 2. The third kappa shape index (κ3) is 2.40. The van der Waals surface area contributed by atoms with Gasteiger partial charge < -0.3 is 9.53 Å². The second-order valence-electron chi connectivity index (χ2n) is 2.36. The summed E-state index contributed by atoms with van der Waals surface area (Å²) in [5.74, 6) is 0. The summed E-state index contributed by atoms with van der Waals surface area (Å²) in [5.41, 5.74) is 0.697. The van der Waals surface area contributed by atoms with E-state index >= 15 is 0 Å². The van der Waals surface area contributed by atoms with Crippen LogP contribution in [0.5, 0.6) is 0 Å². The van der Waals surface area contributed by atoms with E-state index in [0.717, 1.165) is 11.0 Å². The highest BCUT2D eigenvalue weighted by Crippen LogP contribution is 1.98. The van der Waals surface area contributed by atoms with E-state index in [4.69, 9.17) is 4.74 Å². The van der Waals surface area contributed by atoms with Crippen molar-refractivity contribution >= 4 is 12.4 Å². The minimum atomic E-state index is -0.528. The second kappa shape index (κ2) is 4.39. The van der Waals surface area contributed by atoms with Crippen LogP contribution in [0.1, 0.15) is 12.5 Å². The summed E-state index contributed by atoms with van der Waals surface area (Å²) in [5, 5.41) is 3.74. The first kappa shape index (κ1) is 9.44. The molecule has 0 radical (unpaired) electrons. The lowest BCUT2D eigenvalue weighted by Gasteiger charge is -1.98. The number of ether oxygens (including phenoxy) is 1. The smallest absolute Gasteiger partial charge is 0.434 e. The zero-order chi connectivity index (χ0) is 9.68. The molecule has 1 aromatic rings. The van der Waals surface area contributed by atoms with E-state index < -0.39 is 6.09 Å². The van der Waals surface area contributed by atoms with Gasteiger partial charge in [0.1, 0.15) is 6.29 Å². The van der Waals surface area contributed by atoms with Crippen LogP contribution in [0.25, 0.3) is 0 Å². The summed E-state index contributed by atoms with van der Waals surface area (Å²) in [6, 6.07) is 0. The monoisotopic (exact) mass is 182 g/mol. The highest BCUT2D eigenvalue weighted by Gasteiger charge is 2.06. The van der Waals surface area contributed by atoms with E-state index in [0.29, 0.717) is 12.2 Å². The van der Waals surface area contributed by atoms with Gasteiger partial charge in [0.2, 0.25) is 0 Å². The summed E-state index contributed by atoms with van der Waals surface area (Å²) in [4.78, 5) is 21.2. The van der Waals surface area contributed by atoms with Gasteiger partial charge in [-0.05, 0) is 12.5 Å². The van der Waals surface area contributed by atoms with Crippen molar-refractivity contribution in [1.82, 2.24) is 9.78 Å². The van der Waals surface area contributed by atoms with Crippen LogP contribution in [0.15, 0.2) is 12.4 Å². The lowest BCUT2D eigenvalue weighted by Crippen LogP contribution is -2.13. The summed E-state index contributed by atoms with van der Waals surface area (Å²) in [7, 11) is 0. The van der Waals surface area contributed by atoms with Crippen LogP contribution >= 0.6 is 0 Å². The van der Waals surface area contributed by atoms with E-state index in [1.165, 1.54) is 12.4 Å². The second-order valence-corrected chi connectivity index (χ2v) is 2.36. The Kier molecular flexibility index (Phi) is 3.19. The zero-order valence-corrected chi connectivity index (χ0v) is 7.27. The lowest BCUT2D eigenvalue weighted by atomic mass is 10.3. The Bertz CT molecular complexity index is 306. The zero-order valence-electron chi connectivity index (χ0n) is 7.27. The molecular formula is C8H10N2O3. The van der Waals surface area contributed by atoms with Crippen molar-refractivity contribution in [2.24, 2.45) is 0 Å². The van der Waals surface area contributed by atoms with Crippen molar-refractivity contribution in [2.75, 3.05) is 6.61 Å². The molecule has 0 atom stereocenters. The molecule has 0 bridgehead atoms. The summed E-state index contributed by atoms with van der Waals surface area (Å²) in [6.45, 7) is 2.02. The molecule has 0 saturated carbocycles. The Morgan fingerprint density at radius 2 is 2.54 bits per heavy atom. The van der Waals surface area contributed by atoms with Gasteiger partial charge in [-0.3, -0.25) is 0 Å². The molecule has 1 rings (SSSR count). The van der Waals surface area contributed by atoms with Gasteiger partial charge in [0, 0.05) is 12.6 Å². The largest absolute Gasteiger partial charge is 0.448 e. The van der Waals surface area contributed by atoms with E-state index in [2.05, 4.69) is 5.10 Å². The van der Waals surface area contributed by atoms with Gasteiger partial charge in [-0.25, -0.2) is 4.79 Å². The third-order valence-corrected chi connectivity index (χ3v) is 1.41. The molecule has 0 amide bonds. The van der Waals surface area contributed by atoms with Crippen LogP contribution in [0, 0.1) is 0 Å². The predicted octanol–water partition coefficient (Wildman–Crippen LogP) is 0.629. The molecule has 13 heavy (non-hydrogen) atoms. The first-order valence-corrected chi connectivity index (χ1v) is 3.92. The highest BCUT2D eigenvalue weighted by molar-refractivity contribution is 5.69. The first-order chi connectivity index (χ1) is 6.27. The number of carbonyl (C=O) groups excluding carboxylic acids is 2. The molecule has 1 heterocycles. The molecule has 1 aromatic heterocycles. The Morgan fingerprint density at radius 1 is 1.77 bits per heavy atom. The summed E-state index contributed by atoms with van der Waals surface area (Å²) >= 11 is 0. The molecule has 0 aliphatic rings. The predicted molar refractivity (Wildman–Crippen MR) is 44.4 cm³/mol. The fourth-order valence-electron chi connectivity index (χ4n) is 0.851. The molecule has 0 spiro atoms.